The van der Waals surface area contributed by atoms with E-state index >= 15 is 0 Å². The Hall–Kier alpha value is -1.76. The van der Waals surface area contributed by atoms with Gasteiger partial charge in [-0.3, -0.25) is 4.90 Å². The summed E-state index contributed by atoms with van der Waals surface area (Å²) in [7, 11) is 0. The van der Waals surface area contributed by atoms with Crippen molar-refractivity contribution in [2.24, 2.45) is 0 Å². The monoisotopic (exact) mass is 270 g/mol. The second kappa shape index (κ2) is 5.72. The number of amides is 2. The van der Waals surface area contributed by atoms with Gasteiger partial charge in [0, 0.05) is 0 Å². The molecule has 1 aromatic heterocycles. The van der Waals surface area contributed by atoms with Gasteiger partial charge >= 0.3 is 12.2 Å². The van der Waals surface area contributed by atoms with Gasteiger partial charge in [0.15, 0.2) is 0 Å². The number of hydrogen-bond donors (Lipinski definition) is 1. The van der Waals surface area contributed by atoms with Crippen molar-refractivity contribution in [1.29, 1.82) is 0 Å². The molecular weight excluding hydrogens is 256 g/mol. The molecule has 0 aromatic carbocycles. The summed E-state index contributed by atoms with van der Waals surface area (Å²) in [6.45, 7) is 2.74. The fourth-order valence-electron chi connectivity index (χ4n) is 1.61. The van der Waals surface area contributed by atoms with Crippen molar-refractivity contribution in [2.45, 2.75) is 13.0 Å². The Balaban J connectivity index is 1.84. The quantitative estimate of drug-likeness (QED) is 0.906. The van der Waals surface area contributed by atoms with Gasteiger partial charge in [-0.1, -0.05) is 0 Å². The maximum Gasteiger partial charge on any atom is 0.415 e. The molecule has 0 saturated carbocycles. The van der Waals surface area contributed by atoms with Crippen molar-refractivity contribution >= 4 is 28.5 Å². The summed E-state index contributed by atoms with van der Waals surface area (Å²) < 4.78 is 9.88. The van der Waals surface area contributed by atoms with Crippen LogP contribution in [0.15, 0.2) is 17.5 Å². The highest BCUT2D eigenvalue weighted by Gasteiger charge is 2.32. The third-order valence-electron chi connectivity index (χ3n) is 2.40. The fraction of sp³-hybridized carbons (Fsp3) is 0.455. The Morgan fingerprint density at radius 2 is 2.56 bits per heavy atom. The number of anilines is 1. The van der Waals surface area contributed by atoms with Crippen molar-refractivity contribution in [3.63, 3.8) is 0 Å². The van der Waals surface area contributed by atoms with Gasteiger partial charge in [0.1, 0.15) is 11.1 Å². The van der Waals surface area contributed by atoms with E-state index in [-0.39, 0.29) is 18.7 Å². The van der Waals surface area contributed by atoms with E-state index in [4.69, 9.17) is 9.47 Å². The first-order valence-corrected chi connectivity index (χ1v) is 6.51. The van der Waals surface area contributed by atoms with Gasteiger partial charge in [-0.15, -0.1) is 11.3 Å². The molecule has 1 aliphatic rings. The van der Waals surface area contributed by atoms with Crippen LogP contribution in [-0.4, -0.2) is 38.0 Å². The van der Waals surface area contributed by atoms with Crippen LogP contribution in [0.3, 0.4) is 0 Å². The number of thiophene rings is 1. The molecule has 6 nitrogen and oxygen atoms in total. The Morgan fingerprint density at radius 3 is 3.22 bits per heavy atom. The molecule has 1 aliphatic heterocycles. The molecule has 0 spiro atoms. The summed E-state index contributed by atoms with van der Waals surface area (Å²) in [5, 5.41) is 5.29. The molecule has 0 radical (unpaired) electrons. The smallest absolute Gasteiger partial charge is 0.415 e. The van der Waals surface area contributed by atoms with Crippen LogP contribution in [0.1, 0.15) is 6.92 Å². The van der Waals surface area contributed by atoms with Crippen LogP contribution in [0, 0.1) is 0 Å². The van der Waals surface area contributed by atoms with Crippen molar-refractivity contribution in [3.05, 3.63) is 17.5 Å². The van der Waals surface area contributed by atoms with E-state index in [0.717, 1.165) is 5.00 Å². The SMILES string of the molecule is CCOC(=O)NCC1CN(c2cccs2)C(=O)O1. The number of nitrogens with zero attached hydrogens (tertiary/aromatic N) is 1. The van der Waals surface area contributed by atoms with Gasteiger partial charge in [0.2, 0.25) is 0 Å². The average molecular weight is 270 g/mol. The zero-order chi connectivity index (χ0) is 13.0. The Kier molecular flexibility index (Phi) is 4.03. The Bertz CT molecular complexity index is 421. The number of ether oxygens (including phenoxy) is 2. The first-order chi connectivity index (χ1) is 8.70. The van der Waals surface area contributed by atoms with Crippen LogP contribution in [-0.2, 0) is 9.47 Å². The lowest BCUT2D eigenvalue weighted by atomic mass is 10.3. The minimum Gasteiger partial charge on any atom is -0.450 e. The standard InChI is InChI=1S/C11H14N2O4S/c1-2-16-10(14)12-6-8-7-13(11(15)17-8)9-4-3-5-18-9/h3-5,8H,2,6-7H2,1H3,(H,12,14). The summed E-state index contributed by atoms with van der Waals surface area (Å²) in [4.78, 5) is 24.3. The number of hydrogen-bond acceptors (Lipinski definition) is 5. The van der Waals surface area contributed by atoms with E-state index < -0.39 is 6.09 Å². The normalized spacial score (nSPS) is 18.6. The largest absolute Gasteiger partial charge is 0.450 e. The van der Waals surface area contributed by atoms with E-state index in [1.807, 2.05) is 17.5 Å². The molecule has 1 unspecified atom stereocenters. The number of rotatable bonds is 4. The van der Waals surface area contributed by atoms with E-state index in [1.54, 1.807) is 11.8 Å². The summed E-state index contributed by atoms with van der Waals surface area (Å²) in [5.74, 6) is 0. The van der Waals surface area contributed by atoms with Gasteiger partial charge in [-0.05, 0) is 24.4 Å². The molecule has 1 fully saturated rings. The van der Waals surface area contributed by atoms with E-state index in [0.29, 0.717) is 13.2 Å². The molecule has 7 heteroatoms. The third kappa shape index (κ3) is 2.92. The second-order valence-corrected chi connectivity index (χ2v) is 4.60. The third-order valence-corrected chi connectivity index (χ3v) is 3.29. The maximum absolute atomic E-state index is 11.6. The van der Waals surface area contributed by atoms with Crippen LogP contribution in [0.2, 0.25) is 0 Å². The lowest BCUT2D eigenvalue weighted by Crippen LogP contribution is -2.34. The average Bonchev–Trinajstić information content (AvgIpc) is 2.95. The minimum atomic E-state index is -0.497. The first-order valence-electron chi connectivity index (χ1n) is 5.63. The number of cyclic esters (lactones) is 1. The second-order valence-electron chi connectivity index (χ2n) is 3.67. The molecule has 0 bridgehead atoms. The molecule has 1 atom stereocenters. The predicted molar refractivity (Wildman–Crippen MR) is 67.0 cm³/mol. The number of nitrogens with one attached hydrogen (secondary N) is 1. The van der Waals surface area contributed by atoms with Crippen LogP contribution in [0.4, 0.5) is 14.6 Å². The topological polar surface area (TPSA) is 67.9 Å². The molecule has 2 rings (SSSR count). The van der Waals surface area contributed by atoms with Crippen molar-refractivity contribution in [3.8, 4) is 0 Å². The van der Waals surface area contributed by atoms with Crippen LogP contribution in [0.5, 0.6) is 0 Å². The summed E-state index contributed by atoms with van der Waals surface area (Å²) in [5.41, 5.74) is 0. The first kappa shape index (κ1) is 12.7. The van der Waals surface area contributed by atoms with E-state index in [1.165, 1.54) is 11.3 Å². The highest BCUT2D eigenvalue weighted by atomic mass is 32.1. The highest BCUT2D eigenvalue weighted by Crippen LogP contribution is 2.25. The van der Waals surface area contributed by atoms with Crippen molar-refractivity contribution < 1.29 is 19.1 Å². The van der Waals surface area contributed by atoms with Crippen LogP contribution in [0.25, 0.3) is 0 Å². The molecule has 2 heterocycles. The lowest BCUT2D eigenvalue weighted by molar-refractivity contribution is 0.127. The molecule has 1 aromatic rings. The highest BCUT2D eigenvalue weighted by molar-refractivity contribution is 7.14. The van der Waals surface area contributed by atoms with Gasteiger partial charge in [-0.2, -0.15) is 0 Å². The Labute approximate surface area is 108 Å². The molecule has 1 saturated heterocycles. The van der Waals surface area contributed by atoms with Crippen molar-refractivity contribution in [1.82, 2.24) is 5.32 Å². The van der Waals surface area contributed by atoms with Crippen molar-refractivity contribution in [2.75, 3.05) is 24.6 Å². The molecule has 18 heavy (non-hydrogen) atoms. The summed E-state index contributed by atoms with van der Waals surface area (Å²) >= 11 is 1.47. The molecular formula is C11H14N2O4S. The lowest BCUT2D eigenvalue weighted by Gasteiger charge is -2.10. The van der Waals surface area contributed by atoms with Gasteiger partial charge in [-0.25, -0.2) is 9.59 Å². The minimum absolute atomic E-state index is 0.256. The maximum atomic E-state index is 11.6. The van der Waals surface area contributed by atoms with Gasteiger partial charge in [0.25, 0.3) is 0 Å². The molecule has 0 aliphatic carbocycles. The number of alkyl carbamates (subject to hydrolysis) is 1. The number of carbonyl (C=O) groups excluding carboxylic acids is 2. The molecule has 98 valence electrons. The number of carbonyl (C=O) groups is 2. The van der Waals surface area contributed by atoms with Gasteiger partial charge in [0.05, 0.1) is 19.7 Å². The molecule has 1 N–H and O–H groups in total. The summed E-state index contributed by atoms with van der Waals surface area (Å²) in [6.07, 6.45) is -1.22. The zero-order valence-corrected chi connectivity index (χ0v) is 10.7. The summed E-state index contributed by atoms with van der Waals surface area (Å²) in [6, 6.07) is 3.73. The zero-order valence-electron chi connectivity index (χ0n) is 9.92. The van der Waals surface area contributed by atoms with Gasteiger partial charge < -0.3 is 14.8 Å². The van der Waals surface area contributed by atoms with Crippen LogP contribution < -0.4 is 10.2 Å². The van der Waals surface area contributed by atoms with E-state index in [2.05, 4.69) is 5.32 Å². The van der Waals surface area contributed by atoms with E-state index in [9.17, 15) is 9.59 Å². The molecule has 2 amide bonds. The predicted octanol–water partition coefficient (Wildman–Crippen LogP) is 1.82. The Morgan fingerprint density at radius 1 is 1.72 bits per heavy atom. The van der Waals surface area contributed by atoms with Crippen LogP contribution >= 0.6 is 11.3 Å². The fourth-order valence-corrected chi connectivity index (χ4v) is 2.34.